The first-order chi connectivity index (χ1) is 16.5. The minimum Gasteiger partial charge on any atom is -0.465 e. The van der Waals surface area contributed by atoms with E-state index in [1.54, 1.807) is 6.92 Å². The van der Waals surface area contributed by atoms with Crippen molar-refractivity contribution in [1.82, 2.24) is 30.1 Å². The van der Waals surface area contributed by atoms with Crippen LogP contribution in [0.2, 0.25) is 0 Å². The number of aryl methyl sites for hydroxylation is 1. The van der Waals surface area contributed by atoms with Crippen LogP contribution in [0, 0.1) is 6.92 Å². The molecule has 1 atom stereocenters. The van der Waals surface area contributed by atoms with E-state index in [2.05, 4.69) is 38.4 Å². The van der Waals surface area contributed by atoms with Gasteiger partial charge in [-0.05, 0) is 66.6 Å². The van der Waals surface area contributed by atoms with E-state index in [9.17, 15) is 9.59 Å². The number of tetrazole rings is 1. The summed E-state index contributed by atoms with van der Waals surface area (Å²) < 4.78 is 6.64. The summed E-state index contributed by atoms with van der Waals surface area (Å²) in [7, 11) is 0. The van der Waals surface area contributed by atoms with Crippen LogP contribution >= 0.6 is 0 Å². The van der Waals surface area contributed by atoms with E-state index in [4.69, 9.17) is 4.74 Å². The van der Waals surface area contributed by atoms with Gasteiger partial charge in [-0.3, -0.25) is 14.5 Å². The Morgan fingerprint density at radius 1 is 1.24 bits per heavy atom. The molecule has 0 unspecified atom stereocenters. The summed E-state index contributed by atoms with van der Waals surface area (Å²) in [6.07, 6.45) is 6.46. The minimum absolute atomic E-state index is 0.0267. The van der Waals surface area contributed by atoms with Gasteiger partial charge in [0.1, 0.15) is 6.54 Å². The summed E-state index contributed by atoms with van der Waals surface area (Å²) in [6, 6.07) is 8.30. The number of pyridine rings is 1. The smallest absolute Gasteiger partial charge is 0.327 e. The van der Waals surface area contributed by atoms with Crippen molar-refractivity contribution in [3.05, 3.63) is 51.6 Å². The Morgan fingerprint density at radius 2 is 2.03 bits per heavy atom. The van der Waals surface area contributed by atoms with Gasteiger partial charge in [-0.1, -0.05) is 38.3 Å². The van der Waals surface area contributed by atoms with Gasteiger partial charge in [0.2, 0.25) is 0 Å². The van der Waals surface area contributed by atoms with Crippen LogP contribution in [0.3, 0.4) is 0 Å². The van der Waals surface area contributed by atoms with Crippen LogP contribution in [0.1, 0.15) is 75.4 Å². The van der Waals surface area contributed by atoms with Gasteiger partial charge < -0.3 is 9.72 Å². The lowest BCUT2D eigenvalue weighted by Gasteiger charge is -2.39. The second-order valence-electron chi connectivity index (χ2n) is 9.10. The fourth-order valence-electron chi connectivity index (χ4n) is 5.04. The lowest BCUT2D eigenvalue weighted by Crippen LogP contribution is -2.41. The summed E-state index contributed by atoms with van der Waals surface area (Å²) in [5, 5.41) is 13.3. The van der Waals surface area contributed by atoms with Gasteiger partial charge in [0, 0.05) is 23.7 Å². The lowest BCUT2D eigenvalue weighted by molar-refractivity contribution is -0.144. The molecule has 0 bridgehead atoms. The number of aromatic nitrogens is 5. The Balaban J connectivity index is 1.69. The number of aromatic amines is 1. The Hall–Kier alpha value is -3.07. The van der Waals surface area contributed by atoms with Gasteiger partial charge >= 0.3 is 5.97 Å². The number of fused-ring (bicyclic) bond motifs is 1. The van der Waals surface area contributed by atoms with Crippen LogP contribution in [0.25, 0.3) is 10.9 Å². The van der Waals surface area contributed by atoms with Crippen molar-refractivity contribution in [3.8, 4) is 0 Å². The summed E-state index contributed by atoms with van der Waals surface area (Å²) in [4.78, 5) is 30.6. The van der Waals surface area contributed by atoms with E-state index in [1.807, 2.05) is 25.1 Å². The Morgan fingerprint density at radius 3 is 2.76 bits per heavy atom. The highest BCUT2D eigenvalue weighted by Gasteiger charge is 2.32. The number of hydrogen-bond donors (Lipinski definition) is 1. The van der Waals surface area contributed by atoms with E-state index in [0.717, 1.165) is 41.3 Å². The third-order valence-corrected chi connectivity index (χ3v) is 6.70. The van der Waals surface area contributed by atoms with Gasteiger partial charge in [0.15, 0.2) is 5.82 Å². The number of nitrogens with one attached hydrogen (secondary N) is 1. The minimum atomic E-state index is -0.364. The molecule has 0 saturated heterocycles. The van der Waals surface area contributed by atoms with E-state index in [-0.39, 0.29) is 24.1 Å². The molecular weight excluding hydrogens is 432 g/mol. The first-order valence-corrected chi connectivity index (χ1v) is 12.3. The van der Waals surface area contributed by atoms with Crippen LogP contribution in [0.15, 0.2) is 29.1 Å². The maximum Gasteiger partial charge on any atom is 0.327 e. The summed E-state index contributed by atoms with van der Waals surface area (Å²) >= 11 is 0. The molecule has 3 aromatic rings. The molecule has 2 heterocycles. The van der Waals surface area contributed by atoms with Crippen LogP contribution in [0.5, 0.6) is 0 Å². The number of carbonyl (C=O) groups excluding carboxylic acids is 1. The molecule has 2 aromatic heterocycles. The molecular formula is C25H34N6O3. The first kappa shape index (κ1) is 24.1. The molecule has 1 aliphatic rings. The lowest BCUT2D eigenvalue weighted by atomic mass is 9.92. The predicted molar refractivity (Wildman–Crippen MR) is 129 cm³/mol. The normalized spacial score (nSPS) is 15.6. The van der Waals surface area contributed by atoms with Crippen LogP contribution < -0.4 is 5.56 Å². The standard InChI is InChI=1S/C25H34N6O3/c1-4-22(24-27-28-29-31(24)16-23(32)34-5-2)30(20-9-7-6-8-10-20)15-19-14-18-12-11-17(3)13-21(18)26-25(19)33/h11-14,20,22H,4-10,15-16H2,1-3H3,(H,26,33)/t22-/m0/s1. The average molecular weight is 467 g/mol. The first-order valence-electron chi connectivity index (χ1n) is 12.3. The van der Waals surface area contributed by atoms with E-state index in [0.29, 0.717) is 25.0 Å². The van der Waals surface area contributed by atoms with Crippen molar-refractivity contribution in [3.63, 3.8) is 0 Å². The molecule has 9 heteroatoms. The quantitative estimate of drug-likeness (QED) is 0.480. The molecule has 1 saturated carbocycles. The van der Waals surface area contributed by atoms with Crippen molar-refractivity contribution in [2.75, 3.05) is 6.61 Å². The summed E-state index contributed by atoms with van der Waals surface area (Å²) in [5.41, 5.74) is 2.62. The van der Waals surface area contributed by atoms with Crippen molar-refractivity contribution in [1.29, 1.82) is 0 Å². The molecule has 1 fully saturated rings. The number of hydrogen-bond acceptors (Lipinski definition) is 7. The third-order valence-electron chi connectivity index (χ3n) is 6.70. The van der Waals surface area contributed by atoms with Crippen molar-refractivity contribution < 1.29 is 9.53 Å². The van der Waals surface area contributed by atoms with Gasteiger partial charge in [-0.25, -0.2) is 4.68 Å². The molecule has 4 rings (SSSR count). The van der Waals surface area contributed by atoms with Gasteiger partial charge in [0.05, 0.1) is 12.6 Å². The molecule has 0 spiro atoms. The van der Waals surface area contributed by atoms with E-state index in [1.165, 1.54) is 23.9 Å². The number of nitrogens with zero attached hydrogens (tertiary/aromatic N) is 5. The van der Waals surface area contributed by atoms with Crippen LogP contribution in [-0.2, 0) is 22.6 Å². The Labute approximate surface area is 199 Å². The Kier molecular flexibility index (Phi) is 7.72. The summed E-state index contributed by atoms with van der Waals surface area (Å²) in [5.74, 6) is 0.269. The number of ether oxygens (including phenoxy) is 1. The van der Waals surface area contributed by atoms with Crippen LogP contribution in [0.4, 0.5) is 0 Å². The molecule has 182 valence electrons. The average Bonchev–Trinajstić information content (AvgIpc) is 3.27. The highest BCUT2D eigenvalue weighted by molar-refractivity contribution is 5.79. The number of H-pyrrole nitrogens is 1. The molecule has 0 radical (unpaired) electrons. The number of esters is 1. The maximum atomic E-state index is 13.1. The molecule has 0 amide bonds. The highest BCUT2D eigenvalue weighted by Crippen LogP contribution is 2.33. The predicted octanol–water partition coefficient (Wildman–Crippen LogP) is 3.67. The van der Waals surface area contributed by atoms with Crippen LogP contribution in [-0.4, -0.2) is 48.7 Å². The van der Waals surface area contributed by atoms with Crippen molar-refractivity contribution in [2.24, 2.45) is 0 Å². The second-order valence-corrected chi connectivity index (χ2v) is 9.10. The fourth-order valence-corrected chi connectivity index (χ4v) is 5.04. The fraction of sp³-hybridized carbons (Fsp3) is 0.560. The molecule has 9 nitrogen and oxygen atoms in total. The molecule has 1 aromatic carbocycles. The maximum absolute atomic E-state index is 13.1. The molecule has 34 heavy (non-hydrogen) atoms. The SMILES string of the molecule is CCOC(=O)Cn1nnnc1[C@H](CC)N(Cc1cc2ccc(C)cc2[nH]c1=O)C1CCCCC1. The largest absolute Gasteiger partial charge is 0.465 e. The monoisotopic (exact) mass is 466 g/mol. The van der Waals surface area contributed by atoms with Gasteiger partial charge in [0.25, 0.3) is 5.56 Å². The molecule has 1 aliphatic carbocycles. The zero-order chi connectivity index (χ0) is 24.1. The Bertz CT molecular complexity index is 1180. The van der Waals surface area contributed by atoms with Gasteiger partial charge in [-0.2, -0.15) is 0 Å². The zero-order valence-corrected chi connectivity index (χ0v) is 20.3. The number of benzene rings is 1. The third kappa shape index (κ3) is 5.35. The zero-order valence-electron chi connectivity index (χ0n) is 20.3. The number of rotatable bonds is 9. The van der Waals surface area contributed by atoms with Crippen molar-refractivity contribution >= 4 is 16.9 Å². The van der Waals surface area contributed by atoms with Crippen molar-refractivity contribution in [2.45, 2.75) is 84.5 Å². The van der Waals surface area contributed by atoms with Gasteiger partial charge in [-0.15, -0.1) is 5.10 Å². The van der Waals surface area contributed by atoms with E-state index >= 15 is 0 Å². The molecule has 0 aliphatic heterocycles. The summed E-state index contributed by atoms with van der Waals surface area (Å²) in [6.45, 7) is 6.67. The highest BCUT2D eigenvalue weighted by atomic mass is 16.5. The second kappa shape index (κ2) is 10.9. The topological polar surface area (TPSA) is 106 Å². The molecule has 1 N–H and O–H groups in total. The van der Waals surface area contributed by atoms with E-state index < -0.39 is 0 Å². The number of carbonyl (C=O) groups is 1.